The maximum absolute atomic E-state index is 12.7. The second kappa shape index (κ2) is 10.9. The highest BCUT2D eigenvalue weighted by molar-refractivity contribution is 5.97. The van der Waals surface area contributed by atoms with Crippen LogP contribution in [0.25, 0.3) is 0 Å². The predicted octanol–water partition coefficient (Wildman–Crippen LogP) is 1.78. The molecule has 29 heavy (non-hydrogen) atoms. The quantitative estimate of drug-likeness (QED) is 0.651. The van der Waals surface area contributed by atoms with Crippen molar-refractivity contribution in [1.82, 2.24) is 20.4 Å². The molecule has 2 N–H and O–H groups in total. The summed E-state index contributed by atoms with van der Waals surface area (Å²) in [7, 11) is 2.14. The highest BCUT2D eigenvalue weighted by atomic mass is 16.2. The summed E-state index contributed by atoms with van der Waals surface area (Å²) in [5.41, 5.74) is 1.71. The van der Waals surface area contributed by atoms with Crippen molar-refractivity contribution in [2.75, 3.05) is 39.8 Å². The fraction of sp³-hybridized carbons (Fsp3) is 0.591. The molecule has 2 unspecified atom stereocenters. The van der Waals surface area contributed by atoms with Gasteiger partial charge in [0.25, 0.3) is 5.91 Å². The minimum absolute atomic E-state index is 0.0673. The Kier molecular flexibility index (Phi) is 8.62. The molecule has 1 aromatic carbocycles. The number of nitrogens with zero attached hydrogens (tertiary/aromatic N) is 3. The van der Waals surface area contributed by atoms with Gasteiger partial charge in [-0.15, -0.1) is 0 Å². The Balaban J connectivity index is 2.00. The lowest BCUT2D eigenvalue weighted by molar-refractivity contribution is -0.123. The zero-order chi connectivity index (χ0) is 21.4. The Morgan fingerprint density at radius 2 is 1.72 bits per heavy atom. The highest BCUT2D eigenvalue weighted by Gasteiger charge is 2.23. The van der Waals surface area contributed by atoms with Gasteiger partial charge in [-0.25, -0.2) is 0 Å². The largest absolute Gasteiger partial charge is 0.341 e. The molecule has 1 saturated heterocycles. The lowest BCUT2D eigenvalue weighted by atomic mass is 10.0. The summed E-state index contributed by atoms with van der Waals surface area (Å²) < 4.78 is 0. The second-order valence-electron chi connectivity index (χ2n) is 8.17. The van der Waals surface area contributed by atoms with Crippen molar-refractivity contribution in [3.8, 4) is 6.07 Å². The van der Waals surface area contributed by atoms with Crippen LogP contribution in [0, 0.1) is 17.2 Å². The van der Waals surface area contributed by atoms with E-state index in [9.17, 15) is 9.59 Å². The molecule has 2 rings (SSSR count). The third-order valence-corrected chi connectivity index (χ3v) is 5.41. The zero-order valence-electron chi connectivity index (χ0n) is 17.9. The van der Waals surface area contributed by atoms with Gasteiger partial charge < -0.3 is 15.5 Å². The first kappa shape index (κ1) is 22.9. The van der Waals surface area contributed by atoms with E-state index < -0.39 is 6.04 Å². The van der Waals surface area contributed by atoms with Gasteiger partial charge in [0.2, 0.25) is 5.91 Å². The molecule has 1 aromatic rings. The van der Waals surface area contributed by atoms with E-state index in [0.29, 0.717) is 18.0 Å². The van der Waals surface area contributed by atoms with Gasteiger partial charge in [-0.1, -0.05) is 26.0 Å². The minimum atomic E-state index is -0.653. The number of hydrogen-bond acceptors (Lipinski definition) is 5. The summed E-state index contributed by atoms with van der Waals surface area (Å²) >= 11 is 0. The Morgan fingerprint density at radius 3 is 2.28 bits per heavy atom. The van der Waals surface area contributed by atoms with Gasteiger partial charge in [-0.05, 0) is 44.0 Å². The summed E-state index contributed by atoms with van der Waals surface area (Å²) in [5.74, 6) is -0.365. The number of nitrogens with one attached hydrogen (secondary N) is 2. The summed E-state index contributed by atoms with van der Waals surface area (Å²) in [5, 5.41) is 14.0. The van der Waals surface area contributed by atoms with E-state index in [4.69, 9.17) is 5.26 Å². The minimum Gasteiger partial charge on any atom is -0.341 e. The molecule has 158 valence electrons. The monoisotopic (exact) mass is 399 g/mol. The van der Waals surface area contributed by atoms with Gasteiger partial charge in [0.1, 0.15) is 12.6 Å². The highest BCUT2D eigenvalue weighted by Crippen LogP contribution is 2.22. The first-order valence-corrected chi connectivity index (χ1v) is 10.3. The Bertz CT molecular complexity index is 718. The molecular weight excluding hydrogens is 366 g/mol. The van der Waals surface area contributed by atoms with Crippen molar-refractivity contribution in [2.24, 2.45) is 5.92 Å². The van der Waals surface area contributed by atoms with Crippen LogP contribution in [0.4, 0.5) is 0 Å². The van der Waals surface area contributed by atoms with Crippen LogP contribution in [0.5, 0.6) is 0 Å². The van der Waals surface area contributed by atoms with Crippen LogP contribution in [0.2, 0.25) is 0 Å². The van der Waals surface area contributed by atoms with Crippen LogP contribution in [0.15, 0.2) is 24.3 Å². The van der Waals surface area contributed by atoms with Gasteiger partial charge in [0.15, 0.2) is 0 Å². The number of amides is 2. The van der Waals surface area contributed by atoms with Gasteiger partial charge in [0.05, 0.1) is 6.07 Å². The molecule has 0 radical (unpaired) electrons. The Labute approximate surface area is 174 Å². The number of benzene rings is 1. The molecule has 0 spiro atoms. The Hall–Kier alpha value is -2.43. The topological polar surface area (TPSA) is 88.5 Å². The van der Waals surface area contributed by atoms with Crippen LogP contribution >= 0.6 is 0 Å². The van der Waals surface area contributed by atoms with E-state index in [0.717, 1.165) is 26.2 Å². The number of nitriles is 1. The molecule has 2 atom stereocenters. The molecule has 1 aliphatic rings. The molecule has 1 fully saturated rings. The third kappa shape index (κ3) is 6.84. The van der Waals surface area contributed by atoms with Crippen molar-refractivity contribution >= 4 is 11.8 Å². The molecule has 0 saturated carbocycles. The SMILES string of the molecule is CC(C)CC(NC(=O)c1ccc(C(C)N2CCN(C)CC2)cc1)C(=O)NCC#N. The number of carbonyl (C=O) groups is 2. The number of rotatable bonds is 8. The van der Waals surface area contributed by atoms with Crippen LogP contribution in [0.3, 0.4) is 0 Å². The number of piperazine rings is 1. The summed E-state index contributed by atoms with van der Waals surface area (Å²) in [6, 6.07) is 9.15. The Morgan fingerprint density at radius 1 is 1.10 bits per heavy atom. The van der Waals surface area contributed by atoms with E-state index in [1.807, 2.05) is 44.2 Å². The van der Waals surface area contributed by atoms with Crippen LogP contribution in [-0.4, -0.2) is 67.4 Å². The molecule has 1 aliphatic heterocycles. The lowest BCUT2D eigenvalue weighted by Crippen LogP contribution is -2.47. The van der Waals surface area contributed by atoms with Crippen LogP contribution in [-0.2, 0) is 4.79 Å². The molecule has 7 nitrogen and oxygen atoms in total. The van der Waals surface area contributed by atoms with Crippen LogP contribution < -0.4 is 10.6 Å². The summed E-state index contributed by atoms with van der Waals surface area (Å²) in [4.78, 5) is 29.7. The molecular formula is C22H33N5O2. The fourth-order valence-electron chi connectivity index (χ4n) is 3.53. The average Bonchev–Trinajstić information content (AvgIpc) is 2.71. The fourth-order valence-corrected chi connectivity index (χ4v) is 3.53. The summed E-state index contributed by atoms with van der Waals surface area (Å²) in [6.45, 7) is 10.3. The van der Waals surface area contributed by atoms with E-state index in [2.05, 4.69) is 34.4 Å². The van der Waals surface area contributed by atoms with Gasteiger partial charge in [-0.2, -0.15) is 5.26 Å². The van der Waals surface area contributed by atoms with E-state index in [1.54, 1.807) is 0 Å². The van der Waals surface area contributed by atoms with E-state index in [-0.39, 0.29) is 24.3 Å². The number of carbonyl (C=O) groups excluding carboxylic acids is 2. The number of hydrogen-bond donors (Lipinski definition) is 2. The van der Waals surface area contributed by atoms with E-state index in [1.165, 1.54) is 5.56 Å². The molecule has 0 aromatic heterocycles. The van der Waals surface area contributed by atoms with Gasteiger partial charge in [-0.3, -0.25) is 14.5 Å². The average molecular weight is 400 g/mol. The first-order valence-electron chi connectivity index (χ1n) is 10.3. The van der Waals surface area contributed by atoms with Gasteiger partial charge >= 0.3 is 0 Å². The first-order chi connectivity index (χ1) is 13.8. The van der Waals surface area contributed by atoms with Crippen LogP contribution in [0.1, 0.15) is 49.2 Å². The smallest absolute Gasteiger partial charge is 0.251 e. The standard InChI is InChI=1S/C22H33N5O2/c1-16(2)15-20(22(29)24-10-9-23)25-21(28)19-7-5-18(6-8-19)17(3)27-13-11-26(4)12-14-27/h5-8,16-17,20H,10-15H2,1-4H3,(H,24,29)(H,25,28). The normalized spacial score (nSPS) is 17.4. The predicted molar refractivity (Wildman–Crippen MR) is 113 cm³/mol. The zero-order valence-corrected chi connectivity index (χ0v) is 17.9. The second-order valence-corrected chi connectivity index (χ2v) is 8.17. The third-order valence-electron chi connectivity index (χ3n) is 5.41. The van der Waals surface area contributed by atoms with Gasteiger partial charge in [0, 0.05) is 37.8 Å². The molecule has 0 bridgehead atoms. The van der Waals surface area contributed by atoms with Crippen molar-refractivity contribution in [2.45, 2.75) is 39.3 Å². The molecule has 0 aliphatic carbocycles. The summed E-state index contributed by atoms with van der Waals surface area (Å²) in [6.07, 6.45) is 0.515. The maximum Gasteiger partial charge on any atom is 0.251 e. The van der Waals surface area contributed by atoms with Crippen molar-refractivity contribution in [1.29, 1.82) is 5.26 Å². The molecule has 1 heterocycles. The number of likely N-dealkylation sites (N-methyl/N-ethyl adjacent to an activating group) is 1. The molecule has 7 heteroatoms. The van der Waals surface area contributed by atoms with Crippen molar-refractivity contribution in [3.05, 3.63) is 35.4 Å². The van der Waals surface area contributed by atoms with Crippen molar-refractivity contribution in [3.63, 3.8) is 0 Å². The van der Waals surface area contributed by atoms with E-state index >= 15 is 0 Å². The van der Waals surface area contributed by atoms with Crippen molar-refractivity contribution < 1.29 is 9.59 Å². The maximum atomic E-state index is 12.7. The lowest BCUT2D eigenvalue weighted by Gasteiger charge is -2.36. The molecule has 2 amide bonds.